The van der Waals surface area contributed by atoms with Crippen LogP contribution in [0.1, 0.15) is 31.0 Å². The van der Waals surface area contributed by atoms with Crippen molar-refractivity contribution in [2.45, 2.75) is 26.3 Å². The molecule has 4 heteroatoms. The van der Waals surface area contributed by atoms with Gasteiger partial charge in [0.1, 0.15) is 0 Å². The van der Waals surface area contributed by atoms with Crippen molar-refractivity contribution in [2.24, 2.45) is 0 Å². The number of benzene rings is 2. The van der Waals surface area contributed by atoms with E-state index in [0.717, 1.165) is 22.1 Å². The monoisotopic (exact) mass is 346 g/mol. The van der Waals surface area contributed by atoms with Gasteiger partial charge in [0.15, 0.2) is 0 Å². The molecular weight excluding hydrogens is 328 g/mol. The van der Waals surface area contributed by atoms with Crippen LogP contribution in [0, 0.1) is 0 Å². The van der Waals surface area contributed by atoms with Crippen molar-refractivity contribution in [3.05, 3.63) is 64.1 Å². The van der Waals surface area contributed by atoms with Gasteiger partial charge in [0.05, 0.1) is 6.04 Å². The van der Waals surface area contributed by atoms with Crippen molar-refractivity contribution in [1.29, 1.82) is 0 Å². The van der Waals surface area contributed by atoms with Crippen molar-refractivity contribution < 1.29 is 4.79 Å². The Labute approximate surface area is 133 Å². The first-order valence-electron chi connectivity index (χ1n) is 7.00. The van der Waals surface area contributed by atoms with E-state index in [-0.39, 0.29) is 12.1 Å². The van der Waals surface area contributed by atoms with Crippen LogP contribution >= 0.6 is 15.9 Å². The summed E-state index contributed by atoms with van der Waals surface area (Å²) >= 11 is 3.40. The molecule has 3 nitrogen and oxygen atoms in total. The molecule has 0 heterocycles. The molecule has 0 aliphatic heterocycles. The largest absolute Gasteiger partial charge is 0.331 e. The van der Waals surface area contributed by atoms with Gasteiger partial charge in [-0.1, -0.05) is 47.1 Å². The van der Waals surface area contributed by atoms with E-state index in [1.165, 1.54) is 5.56 Å². The summed E-state index contributed by atoms with van der Waals surface area (Å²) in [5, 5.41) is 5.77. The number of hydrogen-bond acceptors (Lipinski definition) is 1. The zero-order valence-electron chi connectivity index (χ0n) is 12.2. The summed E-state index contributed by atoms with van der Waals surface area (Å²) in [5.41, 5.74) is 3.12. The highest BCUT2D eigenvalue weighted by Gasteiger charge is 2.09. The van der Waals surface area contributed by atoms with Gasteiger partial charge in [-0.15, -0.1) is 0 Å². The van der Waals surface area contributed by atoms with Crippen LogP contribution in [0.4, 0.5) is 10.5 Å². The molecule has 2 aromatic carbocycles. The van der Waals surface area contributed by atoms with Gasteiger partial charge in [-0.05, 0) is 48.7 Å². The lowest BCUT2D eigenvalue weighted by molar-refractivity contribution is 0.249. The fourth-order valence-corrected chi connectivity index (χ4v) is 2.29. The highest BCUT2D eigenvalue weighted by Crippen LogP contribution is 2.17. The molecule has 0 aromatic heterocycles. The number of hydrogen-bond donors (Lipinski definition) is 2. The SMILES string of the molecule is CCc1ccc(NC(=O)NC(C)c2ccc(Br)cc2)cc1. The second kappa shape index (κ2) is 7.27. The molecule has 2 rings (SSSR count). The average molecular weight is 347 g/mol. The molecule has 110 valence electrons. The maximum atomic E-state index is 12.0. The van der Waals surface area contributed by atoms with Gasteiger partial charge in [-0.3, -0.25) is 0 Å². The van der Waals surface area contributed by atoms with E-state index < -0.39 is 0 Å². The summed E-state index contributed by atoms with van der Waals surface area (Å²) < 4.78 is 1.03. The molecular formula is C17H19BrN2O. The van der Waals surface area contributed by atoms with Crippen molar-refractivity contribution in [2.75, 3.05) is 5.32 Å². The minimum absolute atomic E-state index is 0.0481. The molecule has 1 unspecified atom stereocenters. The van der Waals surface area contributed by atoms with E-state index in [4.69, 9.17) is 0 Å². The van der Waals surface area contributed by atoms with Crippen LogP contribution in [0.15, 0.2) is 53.0 Å². The van der Waals surface area contributed by atoms with Crippen LogP contribution in [0.3, 0.4) is 0 Å². The van der Waals surface area contributed by atoms with E-state index in [2.05, 4.69) is 33.5 Å². The Morgan fingerprint density at radius 2 is 1.71 bits per heavy atom. The Morgan fingerprint density at radius 3 is 2.29 bits per heavy atom. The molecule has 0 spiro atoms. The molecule has 0 saturated heterocycles. The van der Waals surface area contributed by atoms with Crippen molar-refractivity contribution >= 4 is 27.6 Å². The molecule has 0 radical (unpaired) electrons. The molecule has 0 aliphatic rings. The number of halogens is 1. The first kappa shape index (κ1) is 15.6. The Kier molecular flexibility index (Phi) is 5.39. The predicted octanol–water partition coefficient (Wildman–Crippen LogP) is 4.89. The number of amides is 2. The second-order valence-electron chi connectivity index (χ2n) is 4.92. The maximum Gasteiger partial charge on any atom is 0.319 e. The van der Waals surface area contributed by atoms with Crippen molar-refractivity contribution in [3.63, 3.8) is 0 Å². The topological polar surface area (TPSA) is 41.1 Å². The quantitative estimate of drug-likeness (QED) is 0.812. The number of anilines is 1. The molecule has 21 heavy (non-hydrogen) atoms. The van der Waals surface area contributed by atoms with E-state index in [1.54, 1.807) is 0 Å². The minimum Gasteiger partial charge on any atom is -0.331 e. The van der Waals surface area contributed by atoms with Crippen LogP contribution < -0.4 is 10.6 Å². The fraction of sp³-hybridized carbons (Fsp3) is 0.235. The summed E-state index contributed by atoms with van der Waals surface area (Å²) in [4.78, 5) is 12.0. The zero-order valence-corrected chi connectivity index (χ0v) is 13.8. The van der Waals surface area contributed by atoms with Crippen LogP contribution in [-0.4, -0.2) is 6.03 Å². The summed E-state index contributed by atoms with van der Waals surface area (Å²) in [7, 11) is 0. The van der Waals surface area contributed by atoms with Crippen LogP contribution in [0.25, 0.3) is 0 Å². The lowest BCUT2D eigenvalue weighted by Crippen LogP contribution is -2.31. The first-order chi connectivity index (χ1) is 10.1. The third kappa shape index (κ3) is 4.60. The molecule has 2 aromatic rings. The first-order valence-corrected chi connectivity index (χ1v) is 7.79. The number of nitrogens with one attached hydrogen (secondary N) is 2. The van der Waals surface area contributed by atoms with Gasteiger partial charge in [0.2, 0.25) is 0 Å². The molecule has 0 saturated carbocycles. The van der Waals surface area contributed by atoms with Crippen LogP contribution in [-0.2, 0) is 6.42 Å². The molecule has 1 atom stereocenters. The molecule has 0 fully saturated rings. The zero-order chi connectivity index (χ0) is 15.2. The lowest BCUT2D eigenvalue weighted by Gasteiger charge is -2.15. The second-order valence-corrected chi connectivity index (χ2v) is 5.84. The molecule has 0 bridgehead atoms. The molecule has 0 aliphatic carbocycles. The van der Waals surface area contributed by atoms with Gasteiger partial charge in [-0.25, -0.2) is 4.79 Å². The smallest absolute Gasteiger partial charge is 0.319 e. The van der Waals surface area contributed by atoms with E-state index in [1.807, 2.05) is 55.5 Å². The highest BCUT2D eigenvalue weighted by atomic mass is 79.9. The van der Waals surface area contributed by atoms with E-state index in [9.17, 15) is 4.79 Å². The summed E-state index contributed by atoms with van der Waals surface area (Å²) in [6.45, 7) is 4.07. The van der Waals surface area contributed by atoms with Gasteiger partial charge in [0.25, 0.3) is 0 Å². The van der Waals surface area contributed by atoms with E-state index in [0.29, 0.717) is 0 Å². The van der Waals surface area contributed by atoms with Gasteiger partial charge in [-0.2, -0.15) is 0 Å². The number of rotatable bonds is 4. The van der Waals surface area contributed by atoms with Crippen LogP contribution in [0.2, 0.25) is 0 Å². The summed E-state index contributed by atoms with van der Waals surface area (Å²) in [6, 6.07) is 15.6. The third-order valence-corrected chi connectivity index (χ3v) is 3.87. The third-order valence-electron chi connectivity index (χ3n) is 3.34. The molecule has 2 N–H and O–H groups in total. The minimum atomic E-state index is -0.199. The van der Waals surface area contributed by atoms with Crippen molar-refractivity contribution in [3.8, 4) is 0 Å². The van der Waals surface area contributed by atoms with E-state index >= 15 is 0 Å². The van der Waals surface area contributed by atoms with Crippen LogP contribution in [0.5, 0.6) is 0 Å². The van der Waals surface area contributed by atoms with Gasteiger partial charge >= 0.3 is 6.03 Å². The number of aryl methyl sites for hydroxylation is 1. The summed E-state index contributed by atoms with van der Waals surface area (Å²) in [5.74, 6) is 0. The van der Waals surface area contributed by atoms with Gasteiger partial charge < -0.3 is 10.6 Å². The van der Waals surface area contributed by atoms with Crippen molar-refractivity contribution in [1.82, 2.24) is 5.32 Å². The number of urea groups is 1. The Bertz CT molecular complexity index is 593. The van der Waals surface area contributed by atoms with Gasteiger partial charge in [0, 0.05) is 10.2 Å². The lowest BCUT2D eigenvalue weighted by atomic mass is 10.1. The Balaban J connectivity index is 1.92. The number of carbonyl (C=O) groups is 1. The normalized spacial score (nSPS) is 11.8. The Morgan fingerprint density at radius 1 is 1.10 bits per heavy atom. The average Bonchev–Trinajstić information content (AvgIpc) is 2.48. The standard InChI is InChI=1S/C17H19BrN2O/c1-3-13-4-10-16(11-5-13)20-17(21)19-12(2)14-6-8-15(18)9-7-14/h4-12H,3H2,1-2H3,(H2,19,20,21). The number of carbonyl (C=O) groups excluding carboxylic acids is 1. The molecule has 2 amide bonds. The highest BCUT2D eigenvalue weighted by molar-refractivity contribution is 9.10. The Hall–Kier alpha value is -1.81. The fourth-order valence-electron chi connectivity index (χ4n) is 2.02. The maximum absolute atomic E-state index is 12.0. The summed E-state index contributed by atoms with van der Waals surface area (Å²) in [6.07, 6.45) is 0.993. The predicted molar refractivity (Wildman–Crippen MR) is 90.5 cm³/mol.